The lowest BCUT2D eigenvalue weighted by Gasteiger charge is -2.49. The van der Waals surface area contributed by atoms with Crippen LogP contribution in [0.25, 0.3) is 0 Å². The average molecular weight is 211 g/mol. The molecule has 2 saturated heterocycles. The van der Waals surface area contributed by atoms with Gasteiger partial charge in [-0.1, -0.05) is 0 Å². The van der Waals surface area contributed by atoms with Crippen LogP contribution in [0.1, 0.15) is 26.7 Å². The zero-order valence-electron chi connectivity index (χ0n) is 9.68. The summed E-state index contributed by atoms with van der Waals surface area (Å²) >= 11 is 0. The van der Waals surface area contributed by atoms with E-state index in [9.17, 15) is 4.79 Å². The van der Waals surface area contributed by atoms with Crippen molar-refractivity contribution in [2.24, 2.45) is 5.41 Å². The van der Waals surface area contributed by atoms with Crippen molar-refractivity contribution in [1.82, 2.24) is 15.5 Å². The van der Waals surface area contributed by atoms with E-state index in [1.54, 1.807) is 0 Å². The Bertz CT molecular complexity index is 248. The van der Waals surface area contributed by atoms with Crippen LogP contribution >= 0.6 is 0 Å². The van der Waals surface area contributed by atoms with Gasteiger partial charge in [-0.05, 0) is 26.7 Å². The zero-order chi connectivity index (χ0) is 10.9. The van der Waals surface area contributed by atoms with Crippen LogP contribution in [0, 0.1) is 5.41 Å². The summed E-state index contributed by atoms with van der Waals surface area (Å²) in [5.74, 6) is 0. The Hall–Kier alpha value is -0.770. The van der Waals surface area contributed by atoms with E-state index >= 15 is 0 Å². The number of likely N-dealkylation sites (tertiary alicyclic amines) is 1. The van der Waals surface area contributed by atoms with Gasteiger partial charge in [-0.2, -0.15) is 0 Å². The second-order valence-electron chi connectivity index (χ2n) is 5.23. The molecule has 4 heteroatoms. The molecular weight excluding hydrogens is 190 g/mol. The molecule has 0 aromatic carbocycles. The molecule has 4 nitrogen and oxygen atoms in total. The van der Waals surface area contributed by atoms with Crippen LogP contribution in [0.4, 0.5) is 4.79 Å². The fourth-order valence-electron chi connectivity index (χ4n) is 2.49. The van der Waals surface area contributed by atoms with Gasteiger partial charge in [-0.3, -0.25) is 0 Å². The van der Waals surface area contributed by atoms with Gasteiger partial charge in [0.2, 0.25) is 0 Å². The minimum Gasteiger partial charge on any atom is -0.336 e. The largest absolute Gasteiger partial charge is 0.336 e. The van der Waals surface area contributed by atoms with Crippen LogP contribution in [-0.4, -0.2) is 43.2 Å². The van der Waals surface area contributed by atoms with Crippen molar-refractivity contribution >= 4 is 6.03 Å². The quantitative estimate of drug-likeness (QED) is 0.673. The number of nitrogens with one attached hydrogen (secondary N) is 2. The van der Waals surface area contributed by atoms with Crippen molar-refractivity contribution in [2.75, 3.05) is 26.2 Å². The van der Waals surface area contributed by atoms with E-state index in [0.717, 1.165) is 32.6 Å². The standard InChI is InChI=1S/C11H21N3O/c1-9(2)13-10(15)14-5-3-4-11(8-14)6-12-7-11/h9,12H,3-8H2,1-2H3,(H,13,15). The molecule has 2 aliphatic rings. The molecule has 0 unspecified atom stereocenters. The molecule has 0 radical (unpaired) electrons. The number of urea groups is 1. The molecule has 15 heavy (non-hydrogen) atoms. The van der Waals surface area contributed by atoms with E-state index in [2.05, 4.69) is 10.6 Å². The smallest absolute Gasteiger partial charge is 0.317 e. The number of rotatable bonds is 1. The number of amides is 2. The number of piperidine rings is 1. The van der Waals surface area contributed by atoms with Crippen molar-refractivity contribution in [3.63, 3.8) is 0 Å². The summed E-state index contributed by atoms with van der Waals surface area (Å²) in [6.45, 7) is 8.01. The van der Waals surface area contributed by atoms with E-state index in [4.69, 9.17) is 0 Å². The van der Waals surface area contributed by atoms with Gasteiger partial charge in [0.25, 0.3) is 0 Å². The summed E-state index contributed by atoms with van der Waals surface area (Å²) in [5.41, 5.74) is 0.395. The van der Waals surface area contributed by atoms with Crippen molar-refractivity contribution in [1.29, 1.82) is 0 Å². The molecule has 2 fully saturated rings. The minimum absolute atomic E-state index is 0.107. The van der Waals surface area contributed by atoms with E-state index in [1.165, 1.54) is 6.42 Å². The van der Waals surface area contributed by atoms with Crippen molar-refractivity contribution in [2.45, 2.75) is 32.7 Å². The molecule has 2 amide bonds. The molecular formula is C11H21N3O. The van der Waals surface area contributed by atoms with Gasteiger partial charge in [-0.25, -0.2) is 4.79 Å². The van der Waals surface area contributed by atoms with Crippen LogP contribution in [0.15, 0.2) is 0 Å². The number of nitrogens with zero attached hydrogens (tertiary/aromatic N) is 1. The predicted molar refractivity (Wildman–Crippen MR) is 59.8 cm³/mol. The maximum atomic E-state index is 11.8. The first-order valence-electron chi connectivity index (χ1n) is 5.87. The summed E-state index contributed by atoms with van der Waals surface area (Å²) in [4.78, 5) is 13.8. The first-order chi connectivity index (χ1) is 7.11. The molecule has 0 aromatic heterocycles. The highest BCUT2D eigenvalue weighted by Gasteiger charge is 2.41. The highest BCUT2D eigenvalue weighted by molar-refractivity contribution is 5.74. The molecule has 0 bridgehead atoms. The summed E-state index contributed by atoms with van der Waals surface area (Å²) in [7, 11) is 0. The van der Waals surface area contributed by atoms with E-state index in [-0.39, 0.29) is 12.1 Å². The van der Waals surface area contributed by atoms with Gasteiger partial charge in [0.05, 0.1) is 0 Å². The van der Waals surface area contributed by atoms with Gasteiger partial charge >= 0.3 is 6.03 Å². The maximum Gasteiger partial charge on any atom is 0.317 e. The van der Waals surface area contributed by atoms with Gasteiger partial charge in [-0.15, -0.1) is 0 Å². The Morgan fingerprint density at radius 1 is 1.47 bits per heavy atom. The summed E-state index contributed by atoms with van der Waals surface area (Å²) in [6, 6.07) is 0.339. The summed E-state index contributed by atoms with van der Waals surface area (Å²) < 4.78 is 0. The molecule has 0 aromatic rings. The molecule has 2 rings (SSSR count). The van der Waals surface area contributed by atoms with Crippen molar-refractivity contribution in [3.8, 4) is 0 Å². The molecule has 86 valence electrons. The Kier molecular flexibility index (Phi) is 2.87. The van der Waals surface area contributed by atoms with Crippen LogP contribution in [-0.2, 0) is 0 Å². The highest BCUT2D eigenvalue weighted by Crippen LogP contribution is 2.33. The number of carbonyl (C=O) groups is 1. The molecule has 2 aliphatic heterocycles. The van der Waals surface area contributed by atoms with E-state index in [1.807, 2.05) is 18.7 Å². The number of hydrogen-bond donors (Lipinski definition) is 2. The molecule has 1 spiro atoms. The molecule has 2 N–H and O–H groups in total. The van der Waals surface area contributed by atoms with Gasteiger partial charge < -0.3 is 15.5 Å². The lowest BCUT2D eigenvalue weighted by atomic mass is 9.75. The molecule has 2 heterocycles. The second-order valence-corrected chi connectivity index (χ2v) is 5.23. The Morgan fingerprint density at radius 2 is 2.20 bits per heavy atom. The first-order valence-corrected chi connectivity index (χ1v) is 5.87. The number of carbonyl (C=O) groups excluding carboxylic acids is 1. The predicted octanol–water partition coefficient (Wildman–Crippen LogP) is 0.790. The fourth-order valence-corrected chi connectivity index (χ4v) is 2.49. The first kappa shape index (κ1) is 10.7. The lowest BCUT2D eigenvalue weighted by molar-refractivity contribution is 0.0581. The third kappa shape index (κ3) is 2.25. The summed E-state index contributed by atoms with van der Waals surface area (Å²) in [5, 5.41) is 6.28. The average Bonchev–Trinajstić information content (AvgIpc) is 2.14. The maximum absolute atomic E-state index is 11.8. The van der Waals surface area contributed by atoms with Crippen LogP contribution in [0.5, 0.6) is 0 Å². The van der Waals surface area contributed by atoms with Crippen molar-refractivity contribution < 1.29 is 4.79 Å². The van der Waals surface area contributed by atoms with Crippen molar-refractivity contribution in [3.05, 3.63) is 0 Å². The molecule has 0 atom stereocenters. The third-order valence-electron chi connectivity index (χ3n) is 3.36. The monoisotopic (exact) mass is 211 g/mol. The third-order valence-corrected chi connectivity index (χ3v) is 3.36. The Balaban J connectivity index is 1.89. The normalized spacial score (nSPS) is 24.1. The molecule has 0 aliphatic carbocycles. The Morgan fingerprint density at radius 3 is 2.73 bits per heavy atom. The lowest BCUT2D eigenvalue weighted by Crippen LogP contribution is -2.63. The SMILES string of the molecule is CC(C)NC(=O)N1CCCC2(CNC2)C1. The molecule has 0 saturated carbocycles. The second kappa shape index (κ2) is 4.00. The zero-order valence-corrected chi connectivity index (χ0v) is 9.68. The van der Waals surface area contributed by atoms with Crippen LogP contribution in [0.3, 0.4) is 0 Å². The Labute approximate surface area is 91.4 Å². The number of hydrogen-bond acceptors (Lipinski definition) is 2. The highest BCUT2D eigenvalue weighted by atomic mass is 16.2. The van der Waals surface area contributed by atoms with Gasteiger partial charge in [0, 0.05) is 37.6 Å². The fraction of sp³-hybridized carbons (Fsp3) is 0.909. The van der Waals surface area contributed by atoms with Crippen LogP contribution in [0.2, 0.25) is 0 Å². The van der Waals surface area contributed by atoms with Gasteiger partial charge in [0.1, 0.15) is 0 Å². The summed E-state index contributed by atoms with van der Waals surface area (Å²) in [6.07, 6.45) is 2.42. The minimum atomic E-state index is 0.107. The topological polar surface area (TPSA) is 44.4 Å². The van der Waals surface area contributed by atoms with Gasteiger partial charge in [0.15, 0.2) is 0 Å². The van der Waals surface area contributed by atoms with E-state index < -0.39 is 0 Å². The van der Waals surface area contributed by atoms with Crippen LogP contribution < -0.4 is 10.6 Å². The van der Waals surface area contributed by atoms with E-state index in [0.29, 0.717) is 5.41 Å².